The molecule has 0 saturated carbocycles. The van der Waals surface area contributed by atoms with E-state index in [9.17, 15) is 0 Å². The van der Waals surface area contributed by atoms with Crippen LogP contribution >= 0.6 is 0 Å². The molecule has 58 valence electrons. The highest BCUT2D eigenvalue weighted by atomic mass is 13.9. The van der Waals surface area contributed by atoms with Crippen molar-refractivity contribution in [3.05, 3.63) is 35.4 Å². The predicted molar refractivity (Wildman–Crippen MR) is 50.5 cm³/mol. The summed E-state index contributed by atoms with van der Waals surface area (Å²) in [5.41, 5.74) is 2.36. The maximum atomic E-state index is 3.00. The molecular weight excluding hydrogens is 132 g/mol. The Balaban J connectivity index is 0.000001000. The number of hydrogen-bond acceptors (Lipinski definition) is 0. The molecule has 0 aliphatic rings. The first-order valence-electron chi connectivity index (χ1n) is 3.32. The summed E-state index contributed by atoms with van der Waals surface area (Å²) in [4.78, 5) is 0. The van der Waals surface area contributed by atoms with Gasteiger partial charge in [0.25, 0.3) is 0 Å². The van der Waals surface area contributed by atoms with Gasteiger partial charge in [0.2, 0.25) is 0 Å². The van der Waals surface area contributed by atoms with E-state index in [0.717, 1.165) is 5.56 Å². The molecule has 0 heteroatoms. The van der Waals surface area contributed by atoms with E-state index in [2.05, 4.69) is 30.9 Å². The van der Waals surface area contributed by atoms with Gasteiger partial charge in [-0.05, 0) is 31.5 Å². The summed E-state index contributed by atoms with van der Waals surface area (Å²) in [5.74, 6) is 5.86. The SMILES string of the molecule is C.CC#Cc1cccc(C)c1. The summed E-state index contributed by atoms with van der Waals surface area (Å²) >= 11 is 0. The maximum Gasteiger partial charge on any atom is 0.0247 e. The second-order valence-electron chi connectivity index (χ2n) is 2.24. The molecule has 0 unspecified atom stereocenters. The summed E-state index contributed by atoms with van der Waals surface area (Å²) in [7, 11) is 0. The molecule has 0 aliphatic carbocycles. The van der Waals surface area contributed by atoms with Crippen LogP contribution < -0.4 is 0 Å². The van der Waals surface area contributed by atoms with E-state index in [1.165, 1.54) is 5.56 Å². The molecule has 0 bridgehead atoms. The molecule has 0 atom stereocenters. The standard InChI is InChI=1S/C10H10.CH4/c1-3-5-10-7-4-6-9(2)8-10;/h4,6-8H,1-2H3;1H4. The third kappa shape index (κ3) is 2.91. The summed E-state index contributed by atoms with van der Waals surface area (Å²) in [6.45, 7) is 3.92. The van der Waals surface area contributed by atoms with E-state index in [0.29, 0.717) is 0 Å². The van der Waals surface area contributed by atoms with Crippen LogP contribution in [0.15, 0.2) is 24.3 Å². The van der Waals surface area contributed by atoms with Crippen LogP contribution in [0, 0.1) is 18.8 Å². The lowest BCUT2D eigenvalue weighted by Gasteiger charge is -1.90. The van der Waals surface area contributed by atoms with E-state index >= 15 is 0 Å². The first-order valence-corrected chi connectivity index (χ1v) is 3.32. The molecule has 0 fully saturated rings. The lowest BCUT2D eigenvalue weighted by Crippen LogP contribution is -1.74. The monoisotopic (exact) mass is 146 g/mol. The van der Waals surface area contributed by atoms with Gasteiger partial charge in [-0.3, -0.25) is 0 Å². The van der Waals surface area contributed by atoms with Gasteiger partial charge < -0.3 is 0 Å². The Morgan fingerprint density at radius 1 is 1.27 bits per heavy atom. The fraction of sp³-hybridized carbons (Fsp3) is 0.273. The normalized spacial score (nSPS) is 7.45. The zero-order valence-corrected chi connectivity index (χ0v) is 6.31. The highest BCUT2D eigenvalue weighted by Crippen LogP contribution is 2.01. The molecule has 1 aromatic rings. The van der Waals surface area contributed by atoms with E-state index < -0.39 is 0 Å². The van der Waals surface area contributed by atoms with Gasteiger partial charge >= 0.3 is 0 Å². The predicted octanol–water partition coefficient (Wildman–Crippen LogP) is 3.00. The molecule has 0 nitrogen and oxygen atoms in total. The zero-order valence-electron chi connectivity index (χ0n) is 6.31. The van der Waals surface area contributed by atoms with Crippen LogP contribution in [0.2, 0.25) is 0 Å². The van der Waals surface area contributed by atoms with Gasteiger partial charge in [0.1, 0.15) is 0 Å². The van der Waals surface area contributed by atoms with Gasteiger partial charge in [0.15, 0.2) is 0 Å². The summed E-state index contributed by atoms with van der Waals surface area (Å²) in [6, 6.07) is 8.19. The molecule has 11 heavy (non-hydrogen) atoms. The fourth-order valence-electron chi connectivity index (χ4n) is 0.867. The fourth-order valence-corrected chi connectivity index (χ4v) is 0.867. The van der Waals surface area contributed by atoms with E-state index in [1.54, 1.807) is 0 Å². The average Bonchev–Trinajstić information content (AvgIpc) is 1.88. The molecule has 0 saturated heterocycles. The highest BCUT2D eigenvalue weighted by Gasteiger charge is 1.84. The smallest absolute Gasteiger partial charge is 0.0247 e. The Hall–Kier alpha value is -1.22. The van der Waals surface area contributed by atoms with Gasteiger partial charge in [-0.1, -0.05) is 25.5 Å². The van der Waals surface area contributed by atoms with Crippen LogP contribution in [-0.4, -0.2) is 0 Å². The van der Waals surface area contributed by atoms with E-state index in [4.69, 9.17) is 0 Å². The van der Waals surface area contributed by atoms with Crippen molar-refractivity contribution in [2.45, 2.75) is 21.3 Å². The molecule has 1 aromatic carbocycles. The van der Waals surface area contributed by atoms with Crippen molar-refractivity contribution in [1.29, 1.82) is 0 Å². The second kappa shape index (κ2) is 4.57. The van der Waals surface area contributed by atoms with Crippen LogP contribution in [0.25, 0.3) is 0 Å². The van der Waals surface area contributed by atoms with E-state index in [-0.39, 0.29) is 7.43 Å². The van der Waals surface area contributed by atoms with Crippen LogP contribution in [0.4, 0.5) is 0 Å². The molecule has 0 aromatic heterocycles. The average molecular weight is 146 g/mol. The number of hydrogen-bond donors (Lipinski definition) is 0. The molecule has 1 rings (SSSR count). The minimum absolute atomic E-state index is 0. The van der Waals surface area contributed by atoms with Gasteiger partial charge in [0, 0.05) is 5.56 Å². The Kier molecular flexibility index (Phi) is 4.07. The highest BCUT2D eigenvalue weighted by molar-refractivity contribution is 5.36. The molecule has 0 N–H and O–H groups in total. The lowest BCUT2D eigenvalue weighted by molar-refractivity contribution is 1.45. The van der Waals surface area contributed by atoms with Crippen molar-refractivity contribution in [2.24, 2.45) is 0 Å². The van der Waals surface area contributed by atoms with Crippen molar-refractivity contribution < 1.29 is 0 Å². The number of aryl methyl sites for hydroxylation is 1. The topological polar surface area (TPSA) is 0 Å². The second-order valence-corrected chi connectivity index (χ2v) is 2.24. The quantitative estimate of drug-likeness (QED) is 0.493. The lowest BCUT2D eigenvalue weighted by atomic mass is 10.1. The minimum atomic E-state index is 0. The summed E-state index contributed by atoms with van der Waals surface area (Å²) in [5, 5.41) is 0. The Labute approximate surface area is 69.3 Å². The molecule has 0 spiro atoms. The Bertz CT molecular complexity index is 274. The molecule has 0 aliphatic heterocycles. The minimum Gasteiger partial charge on any atom is -0.101 e. The van der Waals surface area contributed by atoms with Gasteiger partial charge in [0.05, 0.1) is 0 Å². The third-order valence-corrected chi connectivity index (χ3v) is 1.29. The number of benzene rings is 1. The first-order chi connectivity index (χ1) is 4.83. The van der Waals surface area contributed by atoms with Crippen molar-refractivity contribution in [1.82, 2.24) is 0 Å². The summed E-state index contributed by atoms with van der Waals surface area (Å²) in [6.07, 6.45) is 0. The van der Waals surface area contributed by atoms with Crippen molar-refractivity contribution in [3.63, 3.8) is 0 Å². The van der Waals surface area contributed by atoms with Crippen LogP contribution in [0.3, 0.4) is 0 Å². The Morgan fingerprint density at radius 3 is 2.55 bits per heavy atom. The van der Waals surface area contributed by atoms with Crippen LogP contribution in [-0.2, 0) is 0 Å². The largest absolute Gasteiger partial charge is 0.101 e. The summed E-state index contributed by atoms with van der Waals surface area (Å²) < 4.78 is 0. The third-order valence-electron chi connectivity index (χ3n) is 1.29. The van der Waals surface area contributed by atoms with Crippen molar-refractivity contribution >= 4 is 0 Å². The molecule has 0 amide bonds. The Morgan fingerprint density at radius 2 is 2.00 bits per heavy atom. The maximum absolute atomic E-state index is 3.00. The van der Waals surface area contributed by atoms with Crippen molar-refractivity contribution in [2.75, 3.05) is 0 Å². The zero-order chi connectivity index (χ0) is 7.40. The van der Waals surface area contributed by atoms with Gasteiger partial charge in [-0.15, -0.1) is 5.92 Å². The van der Waals surface area contributed by atoms with E-state index in [1.807, 2.05) is 19.1 Å². The van der Waals surface area contributed by atoms with Crippen LogP contribution in [0.5, 0.6) is 0 Å². The van der Waals surface area contributed by atoms with Gasteiger partial charge in [-0.2, -0.15) is 0 Å². The first kappa shape index (κ1) is 9.78. The molecular formula is C11H14. The van der Waals surface area contributed by atoms with Crippen molar-refractivity contribution in [3.8, 4) is 11.8 Å². The van der Waals surface area contributed by atoms with Crippen LogP contribution in [0.1, 0.15) is 25.5 Å². The molecule has 0 heterocycles. The van der Waals surface area contributed by atoms with Gasteiger partial charge in [-0.25, -0.2) is 0 Å². The molecule has 0 radical (unpaired) electrons. The number of rotatable bonds is 0.